The van der Waals surface area contributed by atoms with Gasteiger partial charge in [0.2, 0.25) is 11.8 Å². The van der Waals surface area contributed by atoms with Gasteiger partial charge in [-0.3, -0.25) is 23.9 Å². The Hall–Kier alpha value is -3.17. The molecule has 2 amide bonds. The minimum absolute atomic E-state index is 0.0291. The first-order valence-corrected chi connectivity index (χ1v) is 12.3. The number of nitrogens with one attached hydrogen (secondary N) is 1. The number of anilines is 2. The molecule has 0 aliphatic carbocycles. The number of carbonyl (C=O) groups is 2. The molecule has 0 radical (unpaired) electrons. The molecular weight excluding hydrogens is 452 g/mol. The fraction of sp³-hybridized carbons (Fsp3) is 0.360. The fourth-order valence-electron chi connectivity index (χ4n) is 4.50. The number of carbonyl (C=O) groups excluding carboxylic acids is 2. The summed E-state index contributed by atoms with van der Waals surface area (Å²) in [5.74, 6) is -0.450. The van der Waals surface area contributed by atoms with Crippen LogP contribution in [0, 0.1) is 0 Å². The number of thioether (sulfide) groups is 1. The fourth-order valence-corrected chi connectivity index (χ4v) is 5.36. The molecule has 1 atom stereocenters. The Morgan fingerprint density at radius 1 is 1.18 bits per heavy atom. The lowest BCUT2D eigenvalue weighted by Gasteiger charge is -2.42. The molecule has 2 aromatic carbocycles. The molecule has 0 saturated carbocycles. The van der Waals surface area contributed by atoms with Crippen LogP contribution in [-0.4, -0.2) is 45.4 Å². The van der Waals surface area contributed by atoms with Crippen molar-refractivity contribution in [3.63, 3.8) is 0 Å². The van der Waals surface area contributed by atoms with Crippen molar-refractivity contribution < 1.29 is 14.3 Å². The lowest BCUT2D eigenvalue weighted by atomic mass is 9.96. The number of ether oxygens (including phenoxy) is 1. The molecule has 8 nitrogen and oxygen atoms in total. The third-order valence-corrected chi connectivity index (χ3v) is 7.28. The van der Waals surface area contributed by atoms with Gasteiger partial charge in [0, 0.05) is 6.61 Å². The van der Waals surface area contributed by atoms with E-state index in [1.54, 1.807) is 36.6 Å². The maximum atomic E-state index is 13.5. The van der Waals surface area contributed by atoms with Gasteiger partial charge in [0.1, 0.15) is 5.54 Å². The van der Waals surface area contributed by atoms with Crippen LogP contribution in [0.25, 0.3) is 10.9 Å². The second kappa shape index (κ2) is 8.88. The van der Waals surface area contributed by atoms with Gasteiger partial charge in [0.15, 0.2) is 5.16 Å². The normalized spacial score (nSPS) is 19.2. The number of nitrogens with zero attached hydrogens (tertiary/aromatic N) is 3. The highest BCUT2D eigenvalue weighted by molar-refractivity contribution is 7.99. The molecule has 1 aromatic heterocycles. The highest BCUT2D eigenvalue weighted by Gasteiger charge is 2.43. The molecule has 176 valence electrons. The standard InChI is InChI=1S/C25H26N4O4S/c1-25(2)23(32)26-19-11-5-6-12-20(19)29(25)21(30)15-34-24-27-18-10-4-3-9-17(18)22(31)28(24)14-16-8-7-13-33-16/h3-6,9-12,16H,7-8,13-15H2,1-2H3,(H,26,32)/t16-/m0/s1. The second-order valence-corrected chi connectivity index (χ2v) is 9.95. The summed E-state index contributed by atoms with van der Waals surface area (Å²) in [5.41, 5.74) is 0.651. The Morgan fingerprint density at radius 2 is 1.94 bits per heavy atom. The predicted octanol–water partition coefficient (Wildman–Crippen LogP) is 3.43. The van der Waals surface area contributed by atoms with Gasteiger partial charge in [-0.15, -0.1) is 0 Å². The minimum Gasteiger partial charge on any atom is -0.376 e. The molecule has 5 rings (SSSR count). The SMILES string of the molecule is CC1(C)C(=O)Nc2ccccc2N1C(=O)CSc1nc2ccccc2c(=O)n1C[C@@H]1CCCO1. The molecule has 3 heterocycles. The van der Waals surface area contributed by atoms with Crippen LogP contribution in [0.1, 0.15) is 26.7 Å². The van der Waals surface area contributed by atoms with E-state index < -0.39 is 5.54 Å². The van der Waals surface area contributed by atoms with Crippen molar-refractivity contribution in [1.82, 2.24) is 9.55 Å². The molecule has 2 aliphatic rings. The molecule has 9 heteroatoms. The maximum Gasteiger partial charge on any atom is 0.262 e. The number of rotatable bonds is 5. The van der Waals surface area contributed by atoms with Gasteiger partial charge >= 0.3 is 0 Å². The van der Waals surface area contributed by atoms with Gasteiger partial charge in [-0.2, -0.15) is 0 Å². The topological polar surface area (TPSA) is 93.5 Å². The van der Waals surface area contributed by atoms with E-state index in [-0.39, 0.29) is 29.2 Å². The average Bonchev–Trinajstić information content (AvgIpc) is 3.33. The first-order valence-electron chi connectivity index (χ1n) is 11.3. The molecule has 0 bridgehead atoms. The Morgan fingerprint density at radius 3 is 2.74 bits per heavy atom. The van der Waals surface area contributed by atoms with Crippen molar-refractivity contribution in [3.05, 3.63) is 58.9 Å². The summed E-state index contributed by atoms with van der Waals surface area (Å²) >= 11 is 1.21. The van der Waals surface area contributed by atoms with Crippen LogP contribution >= 0.6 is 11.8 Å². The summed E-state index contributed by atoms with van der Waals surface area (Å²) in [6, 6.07) is 14.5. The van der Waals surface area contributed by atoms with E-state index in [0.29, 0.717) is 40.6 Å². The second-order valence-electron chi connectivity index (χ2n) is 9.01. The molecule has 34 heavy (non-hydrogen) atoms. The van der Waals surface area contributed by atoms with Crippen molar-refractivity contribution in [3.8, 4) is 0 Å². The van der Waals surface area contributed by atoms with Gasteiger partial charge in [0.25, 0.3) is 5.56 Å². The average molecular weight is 479 g/mol. The Balaban J connectivity index is 1.47. The Kier molecular flexibility index (Phi) is 5.91. The monoisotopic (exact) mass is 478 g/mol. The molecule has 1 N–H and O–H groups in total. The van der Waals surface area contributed by atoms with Crippen molar-refractivity contribution in [2.75, 3.05) is 22.6 Å². The summed E-state index contributed by atoms with van der Waals surface area (Å²) < 4.78 is 7.38. The molecule has 1 fully saturated rings. The molecule has 2 aliphatic heterocycles. The smallest absolute Gasteiger partial charge is 0.262 e. The zero-order valence-corrected chi connectivity index (χ0v) is 19.9. The van der Waals surface area contributed by atoms with Crippen molar-refractivity contribution >= 4 is 45.9 Å². The summed E-state index contributed by atoms with van der Waals surface area (Å²) in [7, 11) is 0. The highest BCUT2D eigenvalue weighted by atomic mass is 32.2. The number of aromatic nitrogens is 2. The summed E-state index contributed by atoms with van der Waals surface area (Å²) in [4.78, 5) is 45.8. The van der Waals surface area contributed by atoms with E-state index in [9.17, 15) is 14.4 Å². The molecule has 0 unspecified atom stereocenters. The summed E-state index contributed by atoms with van der Waals surface area (Å²) in [5, 5.41) is 3.89. The van der Waals surface area contributed by atoms with Gasteiger partial charge in [-0.25, -0.2) is 4.98 Å². The lowest BCUT2D eigenvalue weighted by Crippen LogP contribution is -2.59. The third-order valence-electron chi connectivity index (χ3n) is 6.32. The first-order chi connectivity index (χ1) is 16.4. The number of hydrogen-bond donors (Lipinski definition) is 1. The number of fused-ring (bicyclic) bond motifs is 2. The number of amides is 2. The van der Waals surface area contributed by atoms with E-state index in [0.717, 1.165) is 12.8 Å². The van der Waals surface area contributed by atoms with Crippen molar-refractivity contribution in [2.45, 2.75) is 50.0 Å². The van der Waals surface area contributed by atoms with E-state index in [2.05, 4.69) is 5.32 Å². The molecular formula is C25H26N4O4S. The summed E-state index contributed by atoms with van der Waals surface area (Å²) in [6.07, 6.45) is 1.80. The highest BCUT2D eigenvalue weighted by Crippen LogP contribution is 2.37. The Labute approximate surface area is 201 Å². The zero-order chi connectivity index (χ0) is 23.9. The maximum absolute atomic E-state index is 13.5. The number of benzene rings is 2. The number of hydrogen-bond acceptors (Lipinski definition) is 6. The summed E-state index contributed by atoms with van der Waals surface area (Å²) in [6.45, 7) is 4.53. The van der Waals surface area contributed by atoms with E-state index in [1.807, 2.05) is 30.3 Å². The Bertz CT molecular complexity index is 1330. The van der Waals surface area contributed by atoms with E-state index >= 15 is 0 Å². The van der Waals surface area contributed by atoms with E-state index in [4.69, 9.17) is 9.72 Å². The minimum atomic E-state index is -1.06. The lowest BCUT2D eigenvalue weighted by molar-refractivity contribution is -0.125. The zero-order valence-electron chi connectivity index (χ0n) is 19.1. The molecule has 0 spiro atoms. The van der Waals surface area contributed by atoms with Crippen molar-refractivity contribution in [2.24, 2.45) is 0 Å². The van der Waals surface area contributed by atoms with Crippen LogP contribution in [0.15, 0.2) is 58.5 Å². The van der Waals surface area contributed by atoms with Crippen LogP contribution in [0.4, 0.5) is 11.4 Å². The third kappa shape index (κ3) is 3.99. The largest absolute Gasteiger partial charge is 0.376 e. The molecule has 1 saturated heterocycles. The first kappa shape index (κ1) is 22.6. The van der Waals surface area contributed by atoms with Crippen LogP contribution in [0.3, 0.4) is 0 Å². The van der Waals surface area contributed by atoms with Gasteiger partial charge in [0.05, 0.1) is 40.7 Å². The number of para-hydroxylation sites is 3. The van der Waals surface area contributed by atoms with Crippen LogP contribution in [-0.2, 0) is 20.9 Å². The van der Waals surface area contributed by atoms with Crippen LogP contribution in [0.5, 0.6) is 0 Å². The van der Waals surface area contributed by atoms with Gasteiger partial charge in [-0.05, 0) is 51.0 Å². The van der Waals surface area contributed by atoms with Crippen LogP contribution in [0.2, 0.25) is 0 Å². The van der Waals surface area contributed by atoms with Crippen molar-refractivity contribution in [1.29, 1.82) is 0 Å². The predicted molar refractivity (Wildman–Crippen MR) is 132 cm³/mol. The van der Waals surface area contributed by atoms with Gasteiger partial charge in [-0.1, -0.05) is 36.0 Å². The van der Waals surface area contributed by atoms with E-state index in [1.165, 1.54) is 16.7 Å². The quantitative estimate of drug-likeness (QED) is 0.446. The van der Waals surface area contributed by atoms with Gasteiger partial charge < -0.3 is 10.1 Å². The molecule has 3 aromatic rings. The van der Waals surface area contributed by atoms with Crippen LogP contribution < -0.4 is 15.8 Å².